The Morgan fingerprint density at radius 3 is 2.62 bits per heavy atom. The van der Waals surface area contributed by atoms with Crippen LogP contribution in [0.15, 0.2) is 49.6 Å². The Hall–Kier alpha value is -2.30. The molecule has 0 aromatic heterocycles. The number of esters is 1. The van der Waals surface area contributed by atoms with Crippen LogP contribution in [0.3, 0.4) is 0 Å². The number of likely N-dealkylation sites (tertiary alicyclic amines) is 1. The number of methoxy groups -OCH3 is 1. The van der Waals surface area contributed by atoms with Crippen LogP contribution in [0, 0.1) is 11.8 Å². The summed E-state index contributed by atoms with van der Waals surface area (Å²) in [5.74, 6) is -1.63. The van der Waals surface area contributed by atoms with E-state index in [9.17, 15) is 19.5 Å². The molecule has 3 aliphatic rings. The number of nitrogens with zero attached hydrogens (tertiary/aromatic N) is 2. The zero-order valence-electron chi connectivity index (χ0n) is 22.5. The summed E-state index contributed by atoms with van der Waals surface area (Å²) in [7, 11) is 1.58. The molecule has 0 saturated carbocycles. The van der Waals surface area contributed by atoms with Crippen LogP contribution in [0.5, 0.6) is 5.75 Å². The Bertz CT molecular complexity index is 1100. The number of thioether (sulfide) groups is 1. The first-order valence-electron chi connectivity index (χ1n) is 13.4. The molecule has 8 nitrogen and oxygen atoms in total. The number of hydrogen-bond donors (Lipinski definition) is 1. The SMILES string of the molecule is C=CCCCOC(=O)[C@H]1[C@@H]2SC3(CC2Br)C(C(=O)N(CC=C)c2ccc(OC)cc2)N([C@@H](CC)CO)C(=O)[C@H]13. The number of unbranched alkanes of at least 4 members (excludes halogenated alkanes) is 1. The van der Waals surface area contributed by atoms with Gasteiger partial charge in [-0.2, -0.15) is 0 Å². The van der Waals surface area contributed by atoms with E-state index in [1.165, 1.54) is 0 Å². The van der Waals surface area contributed by atoms with Gasteiger partial charge in [0.1, 0.15) is 11.8 Å². The first-order valence-corrected chi connectivity index (χ1v) is 15.2. The van der Waals surface area contributed by atoms with Crippen molar-refractivity contribution in [2.75, 3.05) is 31.8 Å². The summed E-state index contributed by atoms with van der Waals surface area (Å²) in [5, 5.41) is 10.1. The fraction of sp³-hybridized carbons (Fsp3) is 0.552. The lowest BCUT2D eigenvalue weighted by molar-refractivity contribution is -0.154. The quantitative estimate of drug-likeness (QED) is 0.154. The van der Waals surface area contributed by atoms with E-state index in [1.807, 2.05) is 6.92 Å². The number of carbonyl (C=O) groups excluding carboxylic acids is 3. The van der Waals surface area contributed by atoms with Crippen molar-refractivity contribution in [1.29, 1.82) is 0 Å². The second-order valence-corrected chi connectivity index (χ2v) is 12.9. The molecule has 1 spiro atoms. The van der Waals surface area contributed by atoms with Crippen LogP contribution < -0.4 is 9.64 Å². The Balaban J connectivity index is 1.75. The van der Waals surface area contributed by atoms with E-state index in [-0.39, 0.29) is 41.6 Å². The number of hydrogen-bond acceptors (Lipinski definition) is 7. The van der Waals surface area contributed by atoms with Crippen LogP contribution in [-0.2, 0) is 19.1 Å². The van der Waals surface area contributed by atoms with E-state index in [2.05, 4.69) is 29.1 Å². The topological polar surface area (TPSA) is 96.4 Å². The zero-order chi connectivity index (χ0) is 28.3. The number of fused-ring (bicyclic) bond motifs is 1. The molecule has 1 N–H and O–H groups in total. The second kappa shape index (κ2) is 12.5. The molecule has 0 radical (unpaired) electrons. The summed E-state index contributed by atoms with van der Waals surface area (Å²) in [6.07, 6.45) is 5.84. The third kappa shape index (κ3) is 5.15. The molecule has 2 bridgehead atoms. The van der Waals surface area contributed by atoms with Crippen LogP contribution in [0.1, 0.15) is 32.6 Å². The third-order valence-corrected chi connectivity index (χ3v) is 11.3. The third-order valence-electron chi connectivity index (χ3n) is 8.07. The number of carbonyl (C=O) groups is 3. The number of amides is 2. The molecule has 1 aromatic rings. The number of anilines is 1. The molecule has 3 heterocycles. The van der Waals surface area contributed by atoms with Crippen molar-refractivity contribution in [3.63, 3.8) is 0 Å². The van der Waals surface area contributed by atoms with Crippen molar-refractivity contribution >= 4 is 51.2 Å². The molecule has 212 valence electrons. The lowest BCUT2D eigenvalue weighted by Gasteiger charge is -2.39. The number of aliphatic hydroxyl groups is 1. The average Bonchev–Trinajstić information content (AvgIpc) is 3.54. The molecule has 2 amide bonds. The molecule has 3 aliphatic heterocycles. The first-order chi connectivity index (χ1) is 18.8. The molecule has 3 saturated heterocycles. The number of ether oxygens (including phenoxy) is 2. The van der Waals surface area contributed by atoms with Gasteiger partial charge in [0.2, 0.25) is 5.91 Å². The van der Waals surface area contributed by atoms with Crippen LogP contribution >= 0.6 is 27.7 Å². The number of alkyl halides is 1. The molecular weight excluding hydrogens is 584 g/mol. The van der Waals surface area contributed by atoms with E-state index in [4.69, 9.17) is 9.47 Å². The molecular formula is C29H37BrN2O6S. The van der Waals surface area contributed by atoms with Gasteiger partial charge in [-0.1, -0.05) is 35.0 Å². The van der Waals surface area contributed by atoms with Gasteiger partial charge in [0.05, 0.1) is 42.9 Å². The van der Waals surface area contributed by atoms with Crippen molar-refractivity contribution in [2.24, 2.45) is 11.8 Å². The summed E-state index contributed by atoms with van der Waals surface area (Å²) in [5.41, 5.74) is 0.649. The first kappa shape index (κ1) is 29.7. The molecule has 1 aromatic carbocycles. The van der Waals surface area contributed by atoms with Gasteiger partial charge in [-0.25, -0.2) is 0 Å². The van der Waals surface area contributed by atoms with E-state index in [0.717, 1.165) is 6.42 Å². The number of halogens is 1. The van der Waals surface area contributed by atoms with Gasteiger partial charge in [0.25, 0.3) is 5.91 Å². The number of allylic oxidation sites excluding steroid dienone is 1. The van der Waals surface area contributed by atoms with Crippen molar-refractivity contribution in [1.82, 2.24) is 4.90 Å². The number of benzene rings is 1. The van der Waals surface area contributed by atoms with E-state index >= 15 is 0 Å². The maximum absolute atomic E-state index is 14.6. The van der Waals surface area contributed by atoms with E-state index < -0.39 is 34.6 Å². The summed E-state index contributed by atoms with van der Waals surface area (Å²) in [6.45, 7) is 9.65. The van der Waals surface area contributed by atoms with Crippen LogP contribution in [0.4, 0.5) is 5.69 Å². The highest BCUT2D eigenvalue weighted by atomic mass is 79.9. The summed E-state index contributed by atoms with van der Waals surface area (Å²) < 4.78 is 10.1. The summed E-state index contributed by atoms with van der Waals surface area (Å²) >= 11 is 5.32. The predicted octanol–water partition coefficient (Wildman–Crippen LogP) is 3.96. The summed E-state index contributed by atoms with van der Waals surface area (Å²) in [6, 6.07) is 5.75. The fourth-order valence-corrected chi connectivity index (χ4v) is 9.86. The van der Waals surface area contributed by atoms with Gasteiger partial charge in [-0.05, 0) is 49.9 Å². The monoisotopic (exact) mass is 620 g/mol. The Labute approximate surface area is 242 Å². The number of aliphatic hydroxyl groups excluding tert-OH is 1. The van der Waals surface area contributed by atoms with Gasteiger partial charge < -0.3 is 24.4 Å². The van der Waals surface area contributed by atoms with Crippen molar-refractivity contribution in [2.45, 2.75) is 59.5 Å². The van der Waals surface area contributed by atoms with Gasteiger partial charge in [-0.3, -0.25) is 14.4 Å². The largest absolute Gasteiger partial charge is 0.497 e. The Morgan fingerprint density at radius 1 is 1.31 bits per heavy atom. The van der Waals surface area contributed by atoms with Gasteiger partial charge in [0.15, 0.2) is 0 Å². The van der Waals surface area contributed by atoms with Crippen molar-refractivity contribution in [3.8, 4) is 5.75 Å². The molecule has 7 atom stereocenters. The minimum Gasteiger partial charge on any atom is -0.497 e. The molecule has 4 rings (SSSR count). The highest BCUT2D eigenvalue weighted by Gasteiger charge is 2.76. The Kier molecular flexibility index (Phi) is 9.49. The van der Waals surface area contributed by atoms with Crippen molar-refractivity contribution < 1.29 is 29.0 Å². The van der Waals surface area contributed by atoms with Gasteiger partial charge in [0, 0.05) is 22.3 Å². The standard InChI is InChI=1S/C29H37BrN2O6S/c1-5-8-9-15-38-28(36)22-23-26(34)32(18(7-3)17-33)25(29(23)16-21(30)24(22)39-29)27(35)31(14-6-2)19-10-12-20(37-4)13-11-19/h5-6,10-13,18,21-25,33H,1-2,7-9,14-17H2,3-4H3/t18-,21?,22+,23-,24+,25?,29?/m0/s1. The highest BCUT2D eigenvalue weighted by molar-refractivity contribution is 9.09. The van der Waals surface area contributed by atoms with Crippen molar-refractivity contribution in [3.05, 3.63) is 49.6 Å². The average molecular weight is 622 g/mol. The van der Waals surface area contributed by atoms with E-state index in [0.29, 0.717) is 30.7 Å². The lowest BCUT2D eigenvalue weighted by atomic mass is 9.71. The molecule has 0 aliphatic carbocycles. The predicted molar refractivity (Wildman–Crippen MR) is 156 cm³/mol. The molecule has 10 heteroatoms. The minimum absolute atomic E-state index is 0.0597. The molecule has 39 heavy (non-hydrogen) atoms. The Morgan fingerprint density at radius 2 is 2.03 bits per heavy atom. The van der Waals surface area contributed by atoms with Gasteiger partial charge >= 0.3 is 5.97 Å². The lowest BCUT2D eigenvalue weighted by Crippen LogP contribution is -2.58. The summed E-state index contributed by atoms with van der Waals surface area (Å²) in [4.78, 5) is 45.3. The highest BCUT2D eigenvalue weighted by Crippen LogP contribution is 2.68. The molecule has 3 fully saturated rings. The van der Waals surface area contributed by atoms with Gasteiger partial charge in [-0.15, -0.1) is 24.9 Å². The van der Waals surface area contributed by atoms with Crippen LogP contribution in [0.2, 0.25) is 0 Å². The normalized spacial score (nSPS) is 29.6. The maximum atomic E-state index is 14.6. The zero-order valence-corrected chi connectivity index (χ0v) is 24.9. The number of rotatable bonds is 13. The fourth-order valence-electron chi connectivity index (χ4n) is 6.28. The van der Waals surface area contributed by atoms with Crippen LogP contribution in [0.25, 0.3) is 0 Å². The smallest absolute Gasteiger partial charge is 0.310 e. The minimum atomic E-state index is -0.859. The molecule has 3 unspecified atom stereocenters. The maximum Gasteiger partial charge on any atom is 0.310 e. The van der Waals surface area contributed by atoms with E-state index in [1.54, 1.807) is 65.1 Å². The van der Waals surface area contributed by atoms with Crippen LogP contribution in [-0.4, -0.2) is 81.6 Å². The second-order valence-electron chi connectivity index (χ2n) is 10.2.